The second-order valence-electron chi connectivity index (χ2n) is 5.49. The van der Waals surface area contributed by atoms with Gasteiger partial charge in [0.05, 0.1) is 4.92 Å². The van der Waals surface area contributed by atoms with Crippen LogP contribution in [0.2, 0.25) is 0 Å². The maximum absolute atomic E-state index is 12.2. The summed E-state index contributed by atoms with van der Waals surface area (Å²) in [5, 5.41) is 20.1. The zero-order valence-electron chi connectivity index (χ0n) is 11.8. The largest absolute Gasteiger partial charge is 0.502 e. The Kier molecular flexibility index (Phi) is 4.67. The molecule has 1 aromatic rings. The molecule has 0 heterocycles. The van der Waals surface area contributed by atoms with Crippen molar-refractivity contribution in [1.29, 1.82) is 0 Å². The van der Waals surface area contributed by atoms with E-state index in [2.05, 4.69) is 0 Å². The zero-order chi connectivity index (χ0) is 15.5. The number of carbonyl (C=O) groups excluding carboxylic acids is 1. The van der Waals surface area contributed by atoms with E-state index >= 15 is 0 Å². The van der Waals surface area contributed by atoms with Crippen molar-refractivity contribution in [2.24, 2.45) is 11.1 Å². The van der Waals surface area contributed by atoms with Crippen LogP contribution in [0.3, 0.4) is 0 Å². The summed E-state index contributed by atoms with van der Waals surface area (Å²) in [4.78, 5) is 23.6. The molecule has 0 atom stereocenters. The first-order valence-electron chi connectivity index (χ1n) is 6.11. The monoisotopic (exact) mass is 281 g/mol. The SMILES string of the molecule is CN(CC(C)(C)CN)C(=O)c1ccc([N+](=O)[O-])c(O)c1. The summed E-state index contributed by atoms with van der Waals surface area (Å²) < 4.78 is 0. The molecule has 3 N–H and O–H groups in total. The maximum Gasteiger partial charge on any atom is 0.310 e. The van der Waals surface area contributed by atoms with E-state index in [1.54, 1.807) is 7.05 Å². The molecule has 0 aromatic heterocycles. The van der Waals surface area contributed by atoms with Gasteiger partial charge in [-0.1, -0.05) is 13.8 Å². The van der Waals surface area contributed by atoms with Gasteiger partial charge in [0.2, 0.25) is 0 Å². The molecule has 1 rings (SSSR count). The number of aromatic hydroxyl groups is 1. The Balaban J connectivity index is 2.93. The third-order valence-electron chi connectivity index (χ3n) is 2.98. The van der Waals surface area contributed by atoms with Crippen molar-refractivity contribution in [1.82, 2.24) is 4.90 Å². The van der Waals surface area contributed by atoms with Crippen LogP contribution in [0.5, 0.6) is 5.75 Å². The molecule has 0 saturated heterocycles. The van der Waals surface area contributed by atoms with Gasteiger partial charge in [-0.05, 0) is 24.1 Å². The van der Waals surface area contributed by atoms with Crippen LogP contribution in [0.4, 0.5) is 5.69 Å². The molecule has 1 amide bonds. The van der Waals surface area contributed by atoms with Crippen molar-refractivity contribution >= 4 is 11.6 Å². The van der Waals surface area contributed by atoms with Gasteiger partial charge in [-0.25, -0.2) is 0 Å². The van der Waals surface area contributed by atoms with Crippen LogP contribution in [0.15, 0.2) is 18.2 Å². The number of nitrogens with two attached hydrogens (primary N) is 1. The third-order valence-corrected chi connectivity index (χ3v) is 2.98. The number of amides is 1. The lowest BCUT2D eigenvalue weighted by Crippen LogP contribution is -2.39. The lowest BCUT2D eigenvalue weighted by Gasteiger charge is -2.29. The summed E-state index contributed by atoms with van der Waals surface area (Å²) >= 11 is 0. The topological polar surface area (TPSA) is 110 Å². The highest BCUT2D eigenvalue weighted by Gasteiger charge is 2.23. The molecule has 1 aromatic carbocycles. The summed E-state index contributed by atoms with van der Waals surface area (Å²) in [6.45, 7) is 4.74. The highest BCUT2D eigenvalue weighted by Crippen LogP contribution is 2.27. The van der Waals surface area contributed by atoms with Crippen LogP contribution in [0.1, 0.15) is 24.2 Å². The molecule has 7 heteroatoms. The fourth-order valence-electron chi connectivity index (χ4n) is 1.81. The lowest BCUT2D eigenvalue weighted by atomic mass is 9.93. The van der Waals surface area contributed by atoms with Gasteiger partial charge >= 0.3 is 5.69 Å². The average Bonchev–Trinajstić information content (AvgIpc) is 2.36. The zero-order valence-corrected chi connectivity index (χ0v) is 11.8. The number of nitro groups is 1. The summed E-state index contributed by atoms with van der Waals surface area (Å²) in [6, 6.07) is 3.54. The molecule has 20 heavy (non-hydrogen) atoms. The number of rotatable bonds is 5. The Hall–Kier alpha value is -2.15. The molecule has 0 spiro atoms. The molecule has 0 radical (unpaired) electrons. The minimum absolute atomic E-state index is 0.198. The van der Waals surface area contributed by atoms with Gasteiger partial charge in [0.15, 0.2) is 5.75 Å². The van der Waals surface area contributed by atoms with Crippen molar-refractivity contribution in [2.45, 2.75) is 13.8 Å². The molecule has 0 bridgehead atoms. The number of phenols is 1. The highest BCUT2D eigenvalue weighted by atomic mass is 16.6. The van der Waals surface area contributed by atoms with Gasteiger partial charge in [-0.2, -0.15) is 0 Å². The summed E-state index contributed by atoms with van der Waals surface area (Å²) in [7, 11) is 1.62. The molecular formula is C13H19N3O4. The number of benzene rings is 1. The molecule has 7 nitrogen and oxygen atoms in total. The van der Waals surface area contributed by atoms with E-state index in [9.17, 15) is 20.0 Å². The second kappa shape index (κ2) is 5.87. The number of hydrogen-bond acceptors (Lipinski definition) is 5. The first kappa shape index (κ1) is 15.9. The highest BCUT2D eigenvalue weighted by molar-refractivity contribution is 5.94. The first-order chi connectivity index (χ1) is 9.18. The standard InChI is InChI=1S/C13H19N3O4/c1-13(2,7-14)8-15(3)12(18)9-4-5-10(16(19)20)11(17)6-9/h4-6,17H,7-8,14H2,1-3H3. The normalized spacial score (nSPS) is 11.2. The second-order valence-corrected chi connectivity index (χ2v) is 5.49. The Morgan fingerprint density at radius 2 is 2.10 bits per heavy atom. The fraction of sp³-hybridized carbons (Fsp3) is 0.462. The number of nitrogens with zero attached hydrogens (tertiary/aromatic N) is 2. The first-order valence-corrected chi connectivity index (χ1v) is 6.11. The number of carbonyl (C=O) groups is 1. The predicted octanol–water partition coefficient (Wildman–Crippen LogP) is 1.36. The van der Waals surface area contributed by atoms with Crippen LogP contribution in [-0.4, -0.2) is 41.0 Å². The molecule has 0 aliphatic carbocycles. The minimum atomic E-state index is -0.704. The van der Waals surface area contributed by atoms with Gasteiger partial charge < -0.3 is 15.7 Å². The molecule has 0 unspecified atom stereocenters. The third kappa shape index (κ3) is 3.67. The molecule has 0 saturated carbocycles. The van der Waals surface area contributed by atoms with Crippen LogP contribution in [0.25, 0.3) is 0 Å². The van der Waals surface area contributed by atoms with E-state index in [4.69, 9.17) is 5.73 Å². The average molecular weight is 281 g/mol. The van der Waals surface area contributed by atoms with Gasteiger partial charge in [-0.3, -0.25) is 14.9 Å². The molecule has 0 aliphatic heterocycles. The van der Waals surface area contributed by atoms with Crippen molar-refractivity contribution in [3.8, 4) is 5.75 Å². The number of hydrogen-bond donors (Lipinski definition) is 2. The summed E-state index contributed by atoms with van der Waals surface area (Å²) in [5.74, 6) is -0.843. The molecular weight excluding hydrogens is 262 g/mol. The van der Waals surface area contributed by atoms with Crippen LogP contribution < -0.4 is 5.73 Å². The summed E-state index contributed by atoms with van der Waals surface area (Å²) in [6.07, 6.45) is 0. The quantitative estimate of drug-likeness (QED) is 0.625. The van der Waals surface area contributed by atoms with Crippen molar-refractivity contribution < 1.29 is 14.8 Å². The molecule has 0 fully saturated rings. The molecule has 110 valence electrons. The Bertz CT molecular complexity index is 528. The fourth-order valence-corrected chi connectivity index (χ4v) is 1.81. The van der Waals surface area contributed by atoms with Gasteiger partial charge in [0.1, 0.15) is 0 Å². The summed E-state index contributed by atoms with van der Waals surface area (Å²) in [5.41, 5.74) is 5.16. The van der Waals surface area contributed by atoms with E-state index in [1.807, 2.05) is 13.8 Å². The number of nitro benzene ring substituents is 1. The van der Waals surface area contributed by atoms with E-state index in [1.165, 1.54) is 11.0 Å². The van der Waals surface area contributed by atoms with Crippen molar-refractivity contribution in [3.63, 3.8) is 0 Å². The maximum atomic E-state index is 12.2. The molecule has 0 aliphatic rings. The van der Waals surface area contributed by atoms with Crippen molar-refractivity contribution in [3.05, 3.63) is 33.9 Å². The smallest absolute Gasteiger partial charge is 0.310 e. The van der Waals surface area contributed by atoms with E-state index in [0.29, 0.717) is 13.1 Å². The van der Waals surface area contributed by atoms with Gasteiger partial charge in [-0.15, -0.1) is 0 Å². The van der Waals surface area contributed by atoms with Crippen LogP contribution >= 0.6 is 0 Å². The van der Waals surface area contributed by atoms with Gasteiger partial charge in [0, 0.05) is 25.2 Å². The van der Waals surface area contributed by atoms with Crippen LogP contribution in [0, 0.1) is 15.5 Å². The van der Waals surface area contributed by atoms with Crippen molar-refractivity contribution in [2.75, 3.05) is 20.1 Å². The lowest BCUT2D eigenvalue weighted by molar-refractivity contribution is -0.385. The van der Waals surface area contributed by atoms with Gasteiger partial charge in [0.25, 0.3) is 5.91 Å². The van der Waals surface area contributed by atoms with E-state index in [-0.39, 0.29) is 16.9 Å². The number of phenolic OH excluding ortho intramolecular Hbond substituents is 1. The Labute approximate surface area is 117 Å². The Morgan fingerprint density at radius 3 is 2.55 bits per heavy atom. The van der Waals surface area contributed by atoms with E-state index in [0.717, 1.165) is 12.1 Å². The van der Waals surface area contributed by atoms with Crippen LogP contribution in [-0.2, 0) is 0 Å². The minimum Gasteiger partial charge on any atom is -0.502 e. The Morgan fingerprint density at radius 1 is 1.50 bits per heavy atom. The predicted molar refractivity (Wildman–Crippen MR) is 74.6 cm³/mol. The van der Waals surface area contributed by atoms with E-state index < -0.39 is 16.4 Å².